The third kappa shape index (κ3) is 3.69. The van der Waals surface area contributed by atoms with Gasteiger partial charge < -0.3 is 10.0 Å². The molecule has 0 aromatic carbocycles. The van der Waals surface area contributed by atoms with E-state index >= 15 is 0 Å². The summed E-state index contributed by atoms with van der Waals surface area (Å²) in [6, 6.07) is 4.06. The maximum absolute atomic E-state index is 9.75. The monoisotopic (exact) mass is 262 g/mol. The quantitative estimate of drug-likeness (QED) is 0.881. The Labute approximate surface area is 116 Å². The summed E-state index contributed by atoms with van der Waals surface area (Å²) in [5, 5.41) is 9.75. The van der Waals surface area contributed by atoms with Crippen molar-refractivity contribution in [3.05, 3.63) is 24.0 Å². The van der Waals surface area contributed by atoms with E-state index in [0.717, 1.165) is 31.1 Å². The average Bonchev–Trinajstić information content (AvgIpc) is 2.48. The molecule has 1 atom stereocenters. The topological polar surface area (TPSA) is 36.4 Å². The summed E-state index contributed by atoms with van der Waals surface area (Å²) >= 11 is 0. The van der Waals surface area contributed by atoms with Crippen molar-refractivity contribution in [2.45, 2.75) is 52.1 Å². The summed E-state index contributed by atoms with van der Waals surface area (Å²) < 4.78 is 0. The number of aromatic nitrogens is 1. The van der Waals surface area contributed by atoms with Crippen LogP contribution in [0.15, 0.2) is 18.3 Å². The highest BCUT2D eigenvalue weighted by atomic mass is 16.3. The fraction of sp³-hybridized carbons (Fsp3) is 0.688. The van der Waals surface area contributed by atoms with Gasteiger partial charge in [0.1, 0.15) is 0 Å². The molecular weight excluding hydrogens is 236 g/mol. The van der Waals surface area contributed by atoms with Crippen molar-refractivity contribution in [1.82, 2.24) is 4.98 Å². The van der Waals surface area contributed by atoms with Gasteiger partial charge in [0.15, 0.2) is 0 Å². The molecule has 1 saturated heterocycles. The van der Waals surface area contributed by atoms with Crippen molar-refractivity contribution < 1.29 is 5.11 Å². The molecule has 106 valence electrons. The molecule has 0 spiro atoms. The lowest BCUT2D eigenvalue weighted by Gasteiger charge is -2.33. The van der Waals surface area contributed by atoms with Gasteiger partial charge in [0.25, 0.3) is 0 Å². The first-order valence-corrected chi connectivity index (χ1v) is 7.63. The van der Waals surface area contributed by atoms with Gasteiger partial charge in [-0.3, -0.25) is 4.98 Å². The van der Waals surface area contributed by atoms with E-state index in [1.807, 2.05) is 19.2 Å². The maximum atomic E-state index is 9.75. The van der Waals surface area contributed by atoms with Gasteiger partial charge in [-0.1, -0.05) is 26.7 Å². The smallest absolute Gasteiger partial charge is 0.0957 e. The van der Waals surface area contributed by atoms with E-state index in [1.165, 1.54) is 31.4 Å². The summed E-state index contributed by atoms with van der Waals surface area (Å²) in [4.78, 5) is 6.81. The second-order valence-electron chi connectivity index (χ2n) is 5.58. The Balaban J connectivity index is 1.92. The van der Waals surface area contributed by atoms with Crippen LogP contribution in [0.1, 0.15) is 57.7 Å². The minimum atomic E-state index is -0.427. The van der Waals surface area contributed by atoms with Crippen molar-refractivity contribution in [1.29, 1.82) is 0 Å². The van der Waals surface area contributed by atoms with Gasteiger partial charge in [-0.05, 0) is 37.3 Å². The fourth-order valence-corrected chi connectivity index (χ4v) is 2.88. The van der Waals surface area contributed by atoms with Crippen LogP contribution < -0.4 is 4.90 Å². The normalized spacial score (nSPS) is 18.6. The molecule has 3 nitrogen and oxygen atoms in total. The van der Waals surface area contributed by atoms with Crippen LogP contribution in [0.4, 0.5) is 5.69 Å². The third-order valence-corrected chi connectivity index (χ3v) is 4.18. The summed E-state index contributed by atoms with van der Waals surface area (Å²) in [6.07, 6.45) is 7.47. The number of anilines is 1. The van der Waals surface area contributed by atoms with Crippen molar-refractivity contribution >= 4 is 5.69 Å². The van der Waals surface area contributed by atoms with Gasteiger partial charge in [0, 0.05) is 13.1 Å². The molecule has 2 rings (SSSR count). The molecular formula is C16H26N2O. The lowest BCUT2D eigenvalue weighted by atomic mass is 9.92. The SMILES string of the molecule is CCCC1CCN(c2ccc([C@H](O)CC)nc2)CC1. The Hall–Kier alpha value is -1.09. The van der Waals surface area contributed by atoms with Gasteiger partial charge in [0.05, 0.1) is 23.7 Å². The predicted molar refractivity (Wildman–Crippen MR) is 79.3 cm³/mol. The Morgan fingerprint density at radius 3 is 2.58 bits per heavy atom. The standard InChI is InChI=1S/C16H26N2O/c1-3-5-13-8-10-18(11-9-13)14-6-7-15(17-12-14)16(19)4-2/h6-7,12-13,16,19H,3-5,8-11H2,1-2H3/t16-/m1/s1. The molecule has 19 heavy (non-hydrogen) atoms. The highest BCUT2D eigenvalue weighted by molar-refractivity contribution is 5.45. The largest absolute Gasteiger partial charge is 0.387 e. The number of rotatable bonds is 5. The van der Waals surface area contributed by atoms with Crippen molar-refractivity contribution in [2.75, 3.05) is 18.0 Å². The zero-order valence-electron chi connectivity index (χ0n) is 12.2. The van der Waals surface area contributed by atoms with E-state index in [4.69, 9.17) is 0 Å². The molecule has 2 heterocycles. The highest BCUT2D eigenvalue weighted by Gasteiger charge is 2.19. The first-order chi connectivity index (χ1) is 9.24. The summed E-state index contributed by atoms with van der Waals surface area (Å²) in [5.41, 5.74) is 1.98. The average molecular weight is 262 g/mol. The molecule has 0 radical (unpaired) electrons. The first-order valence-electron chi connectivity index (χ1n) is 7.63. The molecule has 0 saturated carbocycles. The molecule has 0 bridgehead atoms. The zero-order valence-corrected chi connectivity index (χ0v) is 12.2. The molecule has 1 aromatic heterocycles. The number of hydrogen-bond acceptors (Lipinski definition) is 3. The van der Waals surface area contributed by atoms with E-state index < -0.39 is 6.10 Å². The number of hydrogen-bond donors (Lipinski definition) is 1. The van der Waals surface area contributed by atoms with Crippen LogP contribution >= 0.6 is 0 Å². The van der Waals surface area contributed by atoms with Gasteiger partial charge in [0.2, 0.25) is 0 Å². The molecule has 1 fully saturated rings. The third-order valence-electron chi connectivity index (χ3n) is 4.18. The van der Waals surface area contributed by atoms with Gasteiger partial charge in [-0.25, -0.2) is 0 Å². The number of aliphatic hydroxyl groups is 1. The van der Waals surface area contributed by atoms with E-state index in [1.54, 1.807) is 0 Å². The number of piperidine rings is 1. The minimum Gasteiger partial charge on any atom is -0.387 e. The first kappa shape index (κ1) is 14.3. The summed E-state index contributed by atoms with van der Waals surface area (Å²) in [6.45, 7) is 6.52. The molecule has 1 aromatic rings. The number of nitrogens with zero attached hydrogens (tertiary/aromatic N) is 2. The molecule has 0 aliphatic carbocycles. The van der Waals surface area contributed by atoms with Crippen LogP contribution in [0, 0.1) is 5.92 Å². The van der Waals surface area contributed by atoms with Crippen molar-refractivity contribution in [3.8, 4) is 0 Å². The van der Waals surface area contributed by atoms with Crippen LogP contribution in [0.2, 0.25) is 0 Å². The summed E-state index contributed by atoms with van der Waals surface area (Å²) in [5.74, 6) is 0.912. The number of aliphatic hydroxyl groups excluding tert-OH is 1. The van der Waals surface area contributed by atoms with Gasteiger partial charge in [-0.2, -0.15) is 0 Å². The van der Waals surface area contributed by atoms with Crippen molar-refractivity contribution in [2.24, 2.45) is 5.92 Å². The lowest BCUT2D eigenvalue weighted by molar-refractivity contribution is 0.169. The molecule has 0 unspecified atom stereocenters. The second-order valence-corrected chi connectivity index (χ2v) is 5.58. The van der Waals surface area contributed by atoms with E-state index in [9.17, 15) is 5.11 Å². The Kier molecular flexibility index (Phi) is 5.20. The Bertz CT molecular complexity index is 369. The minimum absolute atomic E-state index is 0.427. The Morgan fingerprint density at radius 2 is 2.05 bits per heavy atom. The van der Waals surface area contributed by atoms with Crippen LogP contribution in [0.5, 0.6) is 0 Å². The van der Waals surface area contributed by atoms with E-state index in [-0.39, 0.29) is 0 Å². The van der Waals surface area contributed by atoms with Crippen molar-refractivity contribution in [3.63, 3.8) is 0 Å². The van der Waals surface area contributed by atoms with E-state index in [0.29, 0.717) is 0 Å². The van der Waals surface area contributed by atoms with Gasteiger partial charge in [-0.15, -0.1) is 0 Å². The molecule has 3 heteroatoms. The summed E-state index contributed by atoms with van der Waals surface area (Å²) in [7, 11) is 0. The van der Waals surface area contributed by atoms with Crippen LogP contribution in [0.3, 0.4) is 0 Å². The number of pyridine rings is 1. The Morgan fingerprint density at radius 1 is 1.32 bits per heavy atom. The molecule has 1 aliphatic heterocycles. The zero-order chi connectivity index (χ0) is 13.7. The highest BCUT2D eigenvalue weighted by Crippen LogP contribution is 2.26. The van der Waals surface area contributed by atoms with Gasteiger partial charge >= 0.3 is 0 Å². The lowest BCUT2D eigenvalue weighted by Crippen LogP contribution is -2.33. The van der Waals surface area contributed by atoms with E-state index in [2.05, 4.69) is 22.9 Å². The molecule has 1 aliphatic rings. The molecule has 1 N–H and O–H groups in total. The van der Waals surface area contributed by atoms with Crippen LogP contribution in [-0.4, -0.2) is 23.2 Å². The molecule has 0 amide bonds. The van der Waals surface area contributed by atoms with Crippen LogP contribution in [-0.2, 0) is 0 Å². The van der Waals surface area contributed by atoms with Crippen LogP contribution in [0.25, 0.3) is 0 Å². The fourth-order valence-electron chi connectivity index (χ4n) is 2.88. The second kappa shape index (κ2) is 6.90. The predicted octanol–water partition coefficient (Wildman–Crippen LogP) is 3.54. The maximum Gasteiger partial charge on any atom is 0.0957 e.